The van der Waals surface area contributed by atoms with Crippen LogP contribution < -0.4 is 0 Å². The summed E-state index contributed by atoms with van der Waals surface area (Å²) in [6.45, 7) is 7.17. The number of hydrogen-bond acceptors (Lipinski definition) is 2. The first-order valence-corrected chi connectivity index (χ1v) is 5.78. The molecule has 0 atom stereocenters. The van der Waals surface area contributed by atoms with Crippen LogP contribution in [0.1, 0.15) is 33.1 Å². The fourth-order valence-corrected chi connectivity index (χ4v) is 1.87. The molecule has 0 aromatic heterocycles. The summed E-state index contributed by atoms with van der Waals surface area (Å²) in [5.74, 6) is 0.0539. The number of aliphatic carboxylic acids is 1. The first-order valence-electron chi connectivity index (χ1n) is 5.78. The van der Waals surface area contributed by atoms with Crippen molar-refractivity contribution < 1.29 is 9.90 Å². The predicted octanol–water partition coefficient (Wildman–Crippen LogP) is 2.14. The summed E-state index contributed by atoms with van der Waals surface area (Å²) >= 11 is 0. The number of carboxylic acids is 1. The third kappa shape index (κ3) is 4.04. The van der Waals surface area contributed by atoms with Crippen molar-refractivity contribution in [1.29, 1.82) is 0 Å². The number of hydrogen-bond donors (Lipinski definition) is 1. The summed E-state index contributed by atoms with van der Waals surface area (Å²) in [5.41, 5.74) is 0.536. The van der Waals surface area contributed by atoms with Crippen molar-refractivity contribution in [3.63, 3.8) is 0 Å². The van der Waals surface area contributed by atoms with Crippen LogP contribution in [0, 0.1) is 5.92 Å². The summed E-state index contributed by atoms with van der Waals surface area (Å²) in [5, 5.41) is 8.86. The average Bonchev–Trinajstić information content (AvgIpc) is 2.21. The quantitative estimate of drug-likeness (QED) is 0.724. The first kappa shape index (κ1) is 12.2. The van der Waals surface area contributed by atoms with E-state index in [2.05, 4.69) is 11.8 Å². The maximum atomic E-state index is 10.8. The molecule has 1 fully saturated rings. The molecular weight excluding hydrogens is 190 g/mol. The maximum Gasteiger partial charge on any atom is 0.331 e. The molecule has 1 aliphatic rings. The third-order valence-corrected chi connectivity index (χ3v) is 3.13. The van der Waals surface area contributed by atoms with E-state index in [-0.39, 0.29) is 0 Å². The molecule has 0 bridgehead atoms. The second-order valence-electron chi connectivity index (χ2n) is 4.37. The van der Waals surface area contributed by atoms with Crippen LogP contribution in [0.25, 0.3) is 0 Å². The second kappa shape index (κ2) is 5.91. The lowest BCUT2D eigenvalue weighted by molar-refractivity contribution is -0.132. The summed E-state index contributed by atoms with van der Waals surface area (Å²) in [6.07, 6.45) is 4.95. The van der Waals surface area contributed by atoms with E-state index in [0.29, 0.717) is 12.0 Å². The van der Waals surface area contributed by atoms with Crippen molar-refractivity contribution in [2.75, 3.05) is 19.6 Å². The number of nitrogens with zero attached hydrogens (tertiary/aromatic N) is 1. The molecule has 0 unspecified atom stereocenters. The van der Waals surface area contributed by atoms with Gasteiger partial charge in [-0.1, -0.05) is 19.9 Å². The van der Waals surface area contributed by atoms with E-state index in [1.165, 1.54) is 12.8 Å². The molecule has 0 aromatic rings. The Morgan fingerprint density at radius 3 is 2.53 bits per heavy atom. The van der Waals surface area contributed by atoms with Crippen molar-refractivity contribution in [2.24, 2.45) is 5.92 Å². The van der Waals surface area contributed by atoms with E-state index in [4.69, 9.17) is 5.11 Å². The van der Waals surface area contributed by atoms with Gasteiger partial charge in [-0.05, 0) is 38.3 Å². The van der Waals surface area contributed by atoms with Crippen LogP contribution in [-0.4, -0.2) is 35.6 Å². The van der Waals surface area contributed by atoms with E-state index in [1.54, 1.807) is 0 Å². The maximum absolute atomic E-state index is 10.8. The molecule has 0 amide bonds. The van der Waals surface area contributed by atoms with Crippen LogP contribution in [0.2, 0.25) is 0 Å². The molecule has 0 aliphatic carbocycles. The van der Waals surface area contributed by atoms with Crippen molar-refractivity contribution in [3.05, 3.63) is 11.6 Å². The molecule has 0 saturated carbocycles. The van der Waals surface area contributed by atoms with Crippen molar-refractivity contribution in [2.45, 2.75) is 33.1 Å². The lowest BCUT2D eigenvalue weighted by Crippen LogP contribution is -2.33. The Balaban J connectivity index is 2.38. The van der Waals surface area contributed by atoms with Gasteiger partial charge in [-0.15, -0.1) is 0 Å². The molecule has 0 spiro atoms. The smallest absolute Gasteiger partial charge is 0.331 e. The van der Waals surface area contributed by atoms with Gasteiger partial charge in [0.2, 0.25) is 0 Å². The summed E-state index contributed by atoms with van der Waals surface area (Å²) in [7, 11) is 0. The van der Waals surface area contributed by atoms with Gasteiger partial charge in [0.1, 0.15) is 0 Å². The molecule has 1 N–H and O–H groups in total. The topological polar surface area (TPSA) is 40.5 Å². The van der Waals surface area contributed by atoms with Crippen LogP contribution in [0.3, 0.4) is 0 Å². The van der Waals surface area contributed by atoms with E-state index >= 15 is 0 Å². The summed E-state index contributed by atoms with van der Waals surface area (Å²) in [6, 6.07) is 0. The van der Waals surface area contributed by atoms with E-state index in [9.17, 15) is 4.79 Å². The monoisotopic (exact) mass is 211 g/mol. The van der Waals surface area contributed by atoms with Crippen LogP contribution in [-0.2, 0) is 4.79 Å². The Hall–Kier alpha value is -0.830. The van der Waals surface area contributed by atoms with Gasteiger partial charge in [0, 0.05) is 12.1 Å². The Morgan fingerprint density at radius 2 is 2.07 bits per heavy atom. The Kier molecular flexibility index (Phi) is 4.82. The van der Waals surface area contributed by atoms with Crippen LogP contribution in [0.4, 0.5) is 0 Å². The molecule has 0 radical (unpaired) electrons. The van der Waals surface area contributed by atoms with Gasteiger partial charge in [-0.25, -0.2) is 4.79 Å². The van der Waals surface area contributed by atoms with Crippen LogP contribution >= 0.6 is 0 Å². The van der Waals surface area contributed by atoms with E-state index in [1.807, 2.05) is 13.0 Å². The van der Waals surface area contributed by atoms with Gasteiger partial charge in [-0.2, -0.15) is 0 Å². The molecule has 1 rings (SSSR count). The standard InChI is InChI=1S/C12H21NO2/c1-3-11(12(14)15)6-9-13-7-4-10(2)5-8-13/h6,10H,3-5,7-9H2,1-2H3,(H,14,15). The van der Waals surface area contributed by atoms with Crippen molar-refractivity contribution in [3.8, 4) is 0 Å². The minimum absolute atomic E-state index is 0.536. The SMILES string of the molecule is CCC(=CCN1CCC(C)CC1)C(=O)O. The fraction of sp³-hybridized carbons (Fsp3) is 0.750. The van der Waals surface area contributed by atoms with Crippen LogP contribution in [0.15, 0.2) is 11.6 Å². The third-order valence-electron chi connectivity index (χ3n) is 3.13. The lowest BCUT2D eigenvalue weighted by atomic mass is 9.99. The molecule has 3 heteroatoms. The second-order valence-corrected chi connectivity index (χ2v) is 4.37. The average molecular weight is 211 g/mol. The molecular formula is C12H21NO2. The van der Waals surface area contributed by atoms with Gasteiger partial charge in [0.05, 0.1) is 0 Å². The highest BCUT2D eigenvalue weighted by atomic mass is 16.4. The highest BCUT2D eigenvalue weighted by Crippen LogP contribution is 2.15. The van der Waals surface area contributed by atoms with Crippen molar-refractivity contribution >= 4 is 5.97 Å². The molecule has 1 saturated heterocycles. The zero-order valence-electron chi connectivity index (χ0n) is 9.70. The minimum atomic E-state index is -0.775. The summed E-state index contributed by atoms with van der Waals surface area (Å²) in [4.78, 5) is 13.1. The molecule has 15 heavy (non-hydrogen) atoms. The number of piperidine rings is 1. The Morgan fingerprint density at radius 1 is 1.47 bits per heavy atom. The van der Waals surface area contributed by atoms with E-state index < -0.39 is 5.97 Å². The van der Waals surface area contributed by atoms with Gasteiger partial charge < -0.3 is 5.11 Å². The predicted molar refractivity (Wildman–Crippen MR) is 60.8 cm³/mol. The zero-order valence-corrected chi connectivity index (χ0v) is 9.70. The molecule has 86 valence electrons. The normalized spacial score (nSPS) is 20.5. The minimum Gasteiger partial charge on any atom is -0.478 e. The molecule has 3 nitrogen and oxygen atoms in total. The van der Waals surface area contributed by atoms with Gasteiger partial charge >= 0.3 is 5.97 Å². The van der Waals surface area contributed by atoms with Gasteiger partial charge in [0.15, 0.2) is 0 Å². The number of rotatable bonds is 4. The fourth-order valence-electron chi connectivity index (χ4n) is 1.87. The van der Waals surface area contributed by atoms with Gasteiger partial charge in [0.25, 0.3) is 0 Å². The van der Waals surface area contributed by atoms with Gasteiger partial charge in [-0.3, -0.25) is 4.90 Å². The summed E-state index contributed by atoms with van der Waals surface area (Å²) < 4.78 is 0. The highest BCUT2D eigenvalue weighted by Gasteiger charge is 2.14. The largest absolute Gasteiger partial charge is 0.478 e. The zero-order chi connectivity index (χ0) is 11.3. The number of likely N-dealkylation sites (tertiary alicyclic amines) is 1. The highest BCUT2D eigenvalue weighted by molar-refractivity contribution is 5.86. The Labute approximate surface area is 91.8 Å². The Bertz CT molecular complexity index is 240. The van der Waals surface area contributed by atoms with Crippen LogP contribution in [0.5, 0.6) is 0 Å². The first-order chi connectivity index (χ1) is 7.13. The number of carbonyl (C=O) groups is 1. The van der Waals surface area contributed by atoms with Crippen molar-refractivity contribution in [1.82, 2.24) is 4.90 Å². The molecule has 1 heterocycles. The molecule has 1 aliphatic heterocycles. The van der Waals surface area contributed by atoms with E-state index in [0.717, 1.165) is 25.6 Å². The molecule has 0 aromatic carbocycles. The lowest BCUT2D eigenvalue weighted by Gasteiger charge is -2.29. The number of carboxylic acid groups (broad SMARTS) is 1.